The number of carbonyl (C=O) groups excluding carboxylic acids is 1. The summed E-state index contributed by atoms with van der Waals surface area (Å²) in [5, 5.41) is 0. The maximum absolute atomic E-state index is 11.4. The average molecular weight is 287 g/mol. The van der Waals surface area contributed by atoms with Gasteiger partial charge >= 0.3 is 5.97 Å². The first-order chi connectivity index (χ1) is 10.1. The highest BCUT2D eigenvalue weighted by Gasteiger charge is 2.51. The summed E-state index contributed by atoms with van der Waals surface area (Å²) in [7, 11) is 4.32. The minimum Gasteiger partial charge on any atom is -0.462 e. The Morgan fingerprint density at radius 1 is 1.19 bits per heavy atom. The first-order valence-corrected chi connectivity index (χ1v) is 7.96. The summed E-state index contributed by atoms with van der Waals surface area (Å²) in [6.45, 7) is 1.53. The highest BCUT2D eigenvalue weighted by molar-refractivity contribution is 5.66. The molecule has 0 radical (unpaired) electrons. The molecular formula is C18H25NO2. The fourth-order valence-corrected chi connectivity index (χ4v) is 4.64. The summed E-state index contributed by atoms with van der Waals surface area (Å²) in [5.74, 6) is 1.50. The maximum atomic E-state index is 11.4. The Morgan fingerprint density at radius 2 is 1.90 bits per heavy atom. The van der Waals surface area contributed by atoms with Gasteiger partial charge in [0.05, 0.1) is 0 Å². The van der Waals surface area contributed by atoms with E-state index in [4.69, 9.17) is 4.74 Å². The van der Waals surface area contributed by atoms with E-state index in [9.17, 15) is 4.79 Å². The molecule has 21 heavy (non-hydrogen) atoms. The van der Waals surface area contributed by atoms with E-state index in [1.807, 2.05) is 0 Å². The summed E-state index contributed by atoms with van der Waals surface area (Å²) in [4.78, 5) is 13.7. The van der Waals surface area contributed by atoms with Gasteiger partial charge in [-0.05, 0) is 44.8 Å². The van der Waals surface area contributed by atoms with Gasteiger partial charge in [-0.15, -0.1) is 0 Å². The van der Waals surface area contributed by atoms with Gasteiger partial charge < -0.3 is 9.64 Å². The predicted octanol–water partition coefficient (Wildman–Crippen LogP) is 3.06. The summed E-state index contributed by atoms with van der Waals surface area (Å²) >= 11 is 0. The number of benzene rings is 1. The van der Waals surface area contributed by atoms with Gasteiger partial charge in [0.2, 0.25) is 0 Å². The van der Waals surface area contributed by atoms with Crippen molar-refractivity contribution in [3.05, 3.63) is 35.9 Å². The molecule has 114 valence electrons. The topological polar surface area (TPSA) is 29.5 Å². The van der Waals surface area contributed by atoms with Crippen molar-refractivity contribution in [1.82, 2.24) is 4.90 Å². The van der Waals surface area contributed by atoms with Gasteiger partial charge in [0.15, 0.2) is 0 Å². The Hall–Kier alpha value is -1.35. The Balaban J connectivity index is 1.91. The summed E-state index contributed by atoms with van der Waals surface area (Å²) in [5.41, 5.74) is 1.44. The van der Waals surface area contributed by atoms with Crippen LogP contribution in [0.15, 0.2) is 30.3 Å². The van der Waals surface area contributed by atoms with E-state index in [0.717, 1.165) is 6.42 Å². The van der Waals surface area contributed by atoms with Crippen LogP contribution >= 0.6 is 0 Å². The third-order valence-corrected chi connectivity index (χ3v) is 5.30. The molecule has 3 nitrogen and oxygen atoms in total. The molecule has 4 rings (SSSR count). The van der Waals surface area contributed by atoms with E-state index in [2.05, 4.69) is 49.3 Å². The molecule has 1 aromatic carbocycles. The molecule has 0 aromatic heterocycles. The zero-order chi connectivity index (χ0) is 15.0. The van der Waals surface area contributed by atoms with Crippen LogP contribution in [0, 0.1) is 11.8 Å². The normalized spacial score (nSPS) is 35.0. The third kappa shape index (κ3) is 2.71. The molecule has 0 heterocycles. The largest absolute Gasteiger partial charge is 0.462 e. The molecule has 0 N–H and O–H groups in total. The molecule has 0 saturated heterocycles. The van der Waals surface area contributed by atoms with Crippen molar-refractivity contribution in [2.45, 2.75) is 44.2 Å². The van der Waals surface area contributed by atoms with E-state index in [-0.39, 0.29) is 12.1 Å². The Bertz CT molecular complexity index is 499. The zero-order valence-corrected chi connectivity index (χ0v) is 13.2. The van der Waals surface area contributed by atoms with E-state index in [1.54, 1.807) is 0 Å². The first kappa shape index (κ1) is 14.6. The summed E-state index contributed by atoms with van der Waals surface area (Å²) in [6, 6.07) is 11.3. The number of hydrogen-bond acceptors (Lipinski definition) is 3. The van der Waals surface area contributed by atoms with Gasteiger partial charge in [-0.2, -0.15) is 0 Å². The van der Waals surface area contributed by atoms with Crippen LogP contribution in [-0.2, 0) is 9.53 Å². The molecule has 1 aromatic rings. The predicted molar refractivity (Wildman–Crippen MR) is 83.0 cm³/mol. The second-order valence-corrected chi connectivity index (χ2v) is 6.78. The maximum Gasteiger partial charge on any atom is 0.302 e. The molecule has 3 aliphatic carbocycles. The van der Waals surface area contributed by atoms with Gasteiger partial charge in [0.1, 0.15) is 6.10 Å². The molecule has 3 fully saturated rings. The SMILES string of the molecule is CC(=O)O[C@H]1C[C@H]2CC[C@@H]1[C@H](N(C)C)[C@H]2c1ccccc1. The van der Waals surface area contributed by atoms with Crippen LogP contribution in [0.2, 0.25) is 0 Å². The van der Waals surface area contributed by atoms with Gasteiger partial charge in [-0.1, -0.05) is 30.3 Å². The van der Waals surface area contributed by atoms with E-state index in [1.165, 1.54) is 25.3 Å². The molecule has 0 aliphatic heterocycles. The number of fused-ring (bicyclic) bond motifs is 3. The lowest BCUT2D eigenvalue weighted by molar-refractivity contribution is -0.160. The number of carbonyl (C=O) groups is 1. The molecule has 3 saturated carbocycles. The quantitative estimate of drug-likeness (QED) is 0.800. The number of rotatable bonds is 3. The third-order valence-electron chi connectivity index (χ3n) is 5.30. The Morgan fingerprint density at radius 3 is 2.52 bits per heavy atom. The van der Waals surface area contributed by atoms with Crippen molar-refractivity contribution < 1.29 is 9.53 Å². The molecule has 3 heteroatoms. The van der Waals surface area contributed by atoms with Gasteiger partial charge in [0.25, 0.3) is 0 Å². The number of hydrogen-bond donors (Lipinski definition) is 0. The molecule has 0 spiro atoms. The van der Waals surface area contributed by atoms with Crippen molar-refractivity contribution in [3.63, 3.8) is 0 Å². The minimum atomic E-state index is -0.138. The monoisotopic (exact) mass is 287 g/mol. The van der Waals surface area contributed by atoms with Gasteiger partial charge in [-0.25, -0.2) is 0 Å². The fourth-order valence-electron chi connectivity index (χ4n) is 4.64. The number of esters is 1. The van der Waals surface area contributed by atoms with E-state index < -0.39 is 0 Å². The highest BCUT2D eigenvalue weighted by atomic mass is 16.5. The standard InChI is InChI=1S/C18H25NO2/c1-12(20)21-16-11-14-9-10-15(16)18(19(2)3)17(14)13-7-5-4-6-8-13/h4-8,14-18H,9-11H2,1-3H3/t14-,15+,16+,17+,18+/m1/s1. The lowest BCUT2D eigenvalue weighted by atomic mass is 9.58. The number of ether oxygens (including phenoxy) is 1. The Labute approximate surface area is 127 Å². The van der Waals surface area contributed by atoms with Crippen molar-refractivity contribution in [3.8, 4) is 0 Å². The molecule has 2 bridgehead atoms. The van der Waals surface area contributed by atoms with Crippen LogP contribution in [0.3, 0.4) is 0 Å². The summed E-state index contributed by atoms with van der Waals surface area (Å²) < 4.78 is 5.62. The van der Waals surface area contributed by atoms with Crippen molar-refractivity contribution >= 4 is 5.97 Å². The fraction of sp³-hybridized carbons (Fsp3) is 0.611. The second-order valence-electron chi connectivity index (χ2n) is 6.78. The van der Waals surface area contributed by atoms with Crippen LogP contribution in [0.25, 0.3) is 0 Å². The van der Waals surface area contributed by atoms with E-state index >= 15 is 0 Å². The highest BCUT2D eigenvalue weighted by Crippen LogP contribution is 2.52. The van der Waals surface area contributed by atoms with Gasteiger partial charge in [-0.3, -0.25) is 4.79 Å². The molecular weight excluding hydrogens is 262 g/mol. The minimum absolute atomic E-state index is 0.105. The molecule has 0 unspecified atom stereocenters. The van der Waals surface area contributed by atoms with Crippen LogP contribution in [0.5, 0.6) is 0 Å². The Kier molecular flexibility index (Phi) is 4.03. The van der Waals surface area contributed by atoms with Crippen LogP contribution in [-0.4, -0.2) is 37.1 Å². The lowest BCUT2D eigenvalue weighted by Crippen LogP contribution is -2.56. The van der Waals surface area contributed by atoms with Crippen LogP contribution < -0.4 is 0 Å². The smallest absolute Gasteiger partial charge is 0.302 e. The van der Waals surface area contributed by atoms with Crippen LogP contribution in [0.1, 0.15) is 37.7 Å². The average Bonchev–Trinajstić information content (AvgIpc) is 2.47. The first-order valence-electron chi connectivity index (χ1n) is 7.96. The zero-order valence-electron chi connectivity index (χ0n) is 13.2. The number of likely N-dealkylation sites (N-methyl/N-ethyl adjacent to an activating group) is 1. The summed E-state index contributed by atoms with van der Waals surface area (Å²) in [6.07, 6.45) is 3.56. The molecule has 0 amide bonds. The molecule has 3 aliphatic rings. The van der Waals surface area contributed by atoms with Crippen LogP contribution in [0.4, 0.5) is 0 Å². The van der Waals surface area contributed by atoms with E-state index in [0.29, 0.717) is 23.8 Å². The number of nitrogens with zero attached hydrogens (tertiary/aromatic N) is 1. The van der Waals surface area contributed by atoms with Crippen molar-refractivity contribution in [1.29, 1.82) is 0 Å². The lowest BCUT2D eigenvalue weighted by Gasteiger charge is -2.54. The van der Waals surface area contributed by atoms with Crippen molar-refractivity contribution in [2.24, 2.45) is 11.8 Å². The van der Waals surface area contributed by atoms with Crippen molar-refractivity contribution in [2.75, 3.05) is 14.1 Å². The second kappa shape index (κ2) is 5.80. The van der Waals surface area contributed by atoms with Gasteiger partial charge in [0, 0.05) is 24.8 Å². The molecule has 5 atom stereocenters.